The van der Waals surface area contributed by atoms with Gasteiger partial charge in [0.05, 0.1) is 0 Å². The Morgan fingerprint density at radius 1 is 1.10 bits per heavy atom. The summed E-state index contributed by atoms with van der Waals surface area (Å²) in [5.74, 6) is 0.812. The van der Waals surface area contributed by atoms with E-state index in [0.29, 0.717) is 12.2 Å². The normalized spacial score (nSPS) is 13.7. The first-order valence-electron chi connectivity index (χ1n) is 7.15. The van der Waals surface area contributed by atoms with Crippen molar-refractivity contribution in [3.05, 3.63) is 59.3 Å². The van der Waals surface area contributed by atoms with Crippen molar-refractivity contribution < 1.29 is 4.79 Å². The van der Waals surface area contributed by atoms with E-state index in [4.69, 9.17) is 0 Å². The minimum Gasteiger partial charge on any atom is -0.363 e. The highest BCUT2D eigenvalue weighted by atomic mass is 16.2. The molecule has 0 saturated heterocycles. The summed E-state index contributed by atoms with van der Waals surface area (Å²) >= 11 is 0. The Morgan fingerprint density at radius 2 is 1.86 bits per heavy atom. The standard InChI is InChI=1S/C17H19N3O/c1-19(2)16-9-5-8-15(18-16)17(21)20-11-10-13-6-3-4-7-14(13)12-20/h3-9H,10-12H2,1-2H3. The highest BCUT2D eigenvalue weighted by Gasteiger charge is 2.22. The van der Waals surface area contributed by atoms with Crippen LogP contribution < -0.4 is 4.90 Å². The summed E-state index contributed by atoms with van der Waals surface area (Å²) in [4.78, 5) is 20.9. The average molecular weight is 281 g/mol. The third-order valence-corrected chi connectivity index (χ3v) is 3.83. The van der Waals surface area contributed by atoms with Gasteiger partial charge in [0.2, 0.25) is 0 Å². The van der Waals surface area contributed by atoms with Crippen LogP contribution in [0.1, 0.15) is 21.6 Å². The molecule has 2 aromatic rings. The molecule has 0 bridgehead atoms. The maximum Gasteiger partial charge on any atom is 0.272 e. The largest absolute Gasteiger partial charge is 0.363 e. The number of anilines is 1. The molecular weight excluding hydrogens is 262 g/mol. The van der Waals surface area contributed by atoms with Crippen molar-refractivity contribution in [3.8, 4) is 0 Å². The molecule has 4 nitrogen and oxygen atoms in total. The second kappa shape index (κ2) is 5.56. The quantitative estimate of drug-likeness (QED) is 0.848. The number of hydrogen-bond donors (Lipinski definition) is 0. The van der Waals surface area contributed by atoms with Gasteiger partial charge in [-0.3, -0.25) is 4.79 Å². The summed E-state index contributed by atoms with van der Waals surface area (Å²) in [6.45, 7) is 1.42. The first-order valence-corrected chi connectivity index (χ1v) is 7.15. The Bertz CT molecular complexity index is 667. The van der Waals surface area contributed by atoms with Crippen molar-refractivity contribution in [1.29, 1.82) is 0 Å². The van der Waals surface area contributed by atoms with Gasteiger partial charge in [0.1, 0.15) is 11.5 Å². The first kappa shape index (κ1) is 13.6. The van der Waals surface area contributed by atoms with Gasteiger partial charge >= 0.3 is 0 Å². The van der Waals surface area contributed by atoms with Crippen LogP contribution in [-0.2, 0) is 13.0 Å². The van der Waals surface area contributed by atoms with Crippen LogP contribution in [-0.4, -0.2) is 36.4 Å². The van der Waals surface area contributed by atoms with Crippen LogP contribution >= 0.6 is 0 Å². The summed E-state index contributed by atoms with van der Waals surface area (Å²) in [5.41, 5.74) is 3.10. The number of hydrogen-bond acceptors (Lipinski definition) is 3. The first-order chi connectivity index (χ1) is 10.1. The Balaban J connectivity index is 1.82. The van der Waals surface area contributed by atoms with Gasteiger partial charge in [-0.25, -0.2) is 4.98 Å². The fourth-order valence-corrected chi connectivity index (χ4v) is 2.62. The van der Waals surface area contributed by atoms with Gasteiger partial charge in [-0.1, -0.05) is 30.3 Å². The summed E-state index contributed by atoms with van der Waals surface area (Å²) in [7, 11) is 3.85. The molecule has 0 unspecified atom stereocenters. The molecule has 1 aromatic carbocycles. The lowest BCUT2D eigenvalue weighted by molar-refractivity contribution is 0.0729. The molecule has 0 aliphatic carbocycles. The second-order valence-electron chi connectivity index (χ2n) is 5.52. The van der Waals surface area contributed by atoms with Gasteiger partial charge in [0, 0.05) is 27.2 Å². The van der Waals surface area contributed by atoms with E-state index >= 15 is 0 Å². The minimum atomic E-state index is 0.00760. The van der Waals surface area contributed by atoms with Crippen LogP contribution in [0.2, 0.25) is 0 Å². The predicted octanol–water partition coefficient (Wildman–Crippen LogP) is 2.35. The number of nitrogens with zero attached hydrogens (tertiary/aromatic N) is 3. The van der Waals surface area contributed by atoms with Crippen LogP contribution in [0.25, 0.3) is 0 Å². The average Bonchev–Trinajstić information content (AvgIpc) is 2.53. The summed E-state index contributed by atoms with van der Waals surface area (Å²) in [5, 5.41) is 0. The van der Waals surface area contributed by atoms with Crippen molar-refractivity contribution in [1.82, 2.24) is 9.88 Å². The molecule has 1 aliphatic rings. The second-order valence-corrected chi connectivity index (χ2v) is 5.52. The van der Waals surface area contributed by atoms with Crippen LogP contribution in [0.15, 0.2) is 42.5 Å². The molecule has 3 rings (SSSR count). The van der Waals surface area contributed by atoms with Gasteiger partial charge in [-0.15, -0.1) is 0 Å². The van der Waals surface area contributed by atoms with E-state index in [2.05, 4.69) is 23.2 Å². The van der Waals surface area contributed by atoms with Crippen LogP contribution in [0, 0.1) is 0 Å². The SMILES string of the molecule is CN(C)c1cccc(C(=O)N2CCc3ccccc3C2)n1. The monoisotopic (exact) mass is 281 g/mol. The number of amides is 1. The minimum absolute atomic E-state index is 0.00760. The molecule has 0 fully saturated rings. The molecule has 0 N–H and O–H groups in total. The number of carbonyl (C=O) groups excluding carboxylic acids is 1. The van der Waals surface area contributed by atoms with E-state index in [0.717, 1.165) is 18.8 Å². The van der Waals surface area contributed by atoms with E-state index in [1.807, 2.05) is 42.1 Å². The molecule has 1 amide bonds. The number of aromatic nitrogens is 1. The number of carbonyl (C=O) groups is 1. The zero-order valence-corrected chi connectivity index (χ0v) is 12.4. The molecule has 1 aromatic heterocycles. The van der Waals surface area contributed by atoms with E-state index in [1.165, 1.54) is 11.1 Å². The van der Waals surface area contributed by atoms with E-state index < -0.39 is 0 Å². The predicted molar refractivity (Wildman–Crippen MR) is 83.5 cm³/mol. The van der Waals surface area contributed by atoms with Gasteiger partial charge < -0.3 is 9.80 Å². The lowest BCUT2D eigenvalue weighted by Crippen LogP contribution is -2.36. The van der Waals surface area contributed by atoms with Gasteiger partial charge in [-0.2, -0.15) is 0 Å². The lowest BCUT2D eigenvalue weighted by Gasteiger charge is -2.28. The molecule has 0 atom stereocenters. The fourth-order valence-electron chi connectivity index (χ4n) is 2.62. The zero-order chi connectivity index (χ0) is 14.8. The molecule has 0 saturated carbocycles. The van der Waals surface area contributed by atoms with Crippen molar-refractivity contribution in [2.24, 2.45) is 0 Å². The van der Waals surface area contributed by atoms with E-state index in [9.17, 15) is 4.79 Å². The number of rotatable bonds is 2. The van der Waals surface area contributed by atoms with Crippen molar-refractivity contribution >= 4 is 11.7 Å². The van der Waals surface area contributed by atoms with Crippen molar-refractivity contribution in [2.75, 3.05) is 25.5 Å². The zero-order valence-electron chi connectivity index (χ0n) is 12.4. The Kier molecular flexibility index (Phi) is 3.60. The van der Waals surface area contributed by atoms with Crippen molar-refractivity contribution in [3.63, 3.8) is 0 Å². The molecule has 4 heteroatoms. The van der Waals surface area contributed by atoms with Crippen molar-refractivity contribution in [2.45, 2.75) is 13.0 Å². The number of pyridine rings is 1. The van der Waals surface area contributed by atoms with E-state index in [1.54, 1.807) is 6.07 Å². The Labute approximate surface area is 125 Å². The maximum absolute atomic E-state index is 12.6. The van der Waals surface area contributed by atoms with Gasteiger partial charge in [0.25, 0.3) is 5.91 Å². The summed E-state index contributed by atoms with van der Waals surface area (Å²) < 4.78 is 0. The Hall–Kier alpha value is -2.36. The van der Waals surface area contributed by atoms with Crippen LogP contribution in [0.4, 0.5) is 5.82 Å². The molecule has 21 heavy (non-hydrogen) atoms. The third kappa shape index (κ3) is 2.75. The number of benzene rings is 1. The van der Waals surface area contributed by atoms with Gasteiger partial charge in [0.15, 0.2) is 0 Å². The lowest BCUT2D eigenvalue weighted by atomic mass is 10.00. The topological polar surface area (TPSA) is 36.4 Å². The highest BCUT2D eigenvalue weighted by Crippen LogP contribution is 2.20. The molecule has 0 radical (unpaired) electrons. The fraction of sp³-hybridized carbons (Fsp3) is 0.294. The molecule has 108 valence electrons. The van der Waals surface area contributed by atoms with Gasteiger partial charge in [-0.05, 0) is 29.7 Å². The summed E-state index contributed by atoms with van der Waals surface area (Å²) in [6, 6.07) is 13.9. The summed E-state index contributed by atoms with van der Waals surface area (Å²) in [6.07, 6.45) is 0.912. The molecule has 1 aliphatic heterocycles. The molecule has 2 heterocycles. The molecule has 0 spiro atoms. The highest BCUT2D eigenvalue weighted by molar-refractivity contribution is 5.92. The number of fused-ring (bicyclic) bond motifs is 1. The smallest absolute Gasteiger partial charge is 0.272 e. The molecular formula is C17H19N3O. The van der Waals surface area contributed by atoms with E-state index in [-0.39, 0.29) is 5.91 Å². The van der Waals surface area contributed by atoms with Crippen LogP contribution in [0.3, 0.4) is 0 Å². The maximum atomic E-state index is 12.6. The Morgan fingerprint density at radius 3 is 2.62 bits per heavy atom. The van der Waals surface area contributed by atoms with Crippen LogP contribution in [0.5, 0.6) is 0 Å². The third-order valence-electron chi connectivity index (χ3n) is 3.83.